The molecule has 1 aliphatic carbocycles. The van der Waals surface area contributed by atoms with Gasteiger partial charge in [-0.25, -0.2) is 0 Å². The lowest BCUT2D eigenvalue weighted by Gasteiger charge is -2.22. The number of fused-ring (bicyclic) bond motifs is 2. The molecule has 0 atom stereocenters. The molecule has 1 aliphatic heterocycles. The van der Waals surface area contributed by atoms with Gasteiger partial charge in [0.2, 0.25) is 5.88 Å². The fraction of sp³-hybridized carbons (Fsp3) is 0.400. The summed E-state index contributed by atoms with van der Waals surface area (Å²) >= 11 is 2.64. The molecular formula is C20H17F3N4O2S2. The van der Waals surface area contributed by atoms with Gasteiger partial charge in [-0.15, -0.1) is 10.2 Å². The molecule has 2 aliphatic rings. The molecule has 0 bridgehead atoms. The number of hydrogen-bond acceptors (Lipinski definition) is 8. The summed E-state index contributed by atoms with van der Waals surface area (Å²) in [6, 6.07) is 6.74. The van der Waals surface area contributed by atoms with Crippen molar-refractivity contribution in [1.29, 1.82) is 5.26 Å². The van der Waals surface area contributed by atoms with Crippen LogP contribution in [0.3, 0.4) is 0 Å². The molecule has 162 valence electrons. The summed E-state index contributed by atoms with van der Waals surface area (Å²) < 4.78 is 70.6. The Morgan fingerprint density at radius 2 is 2.13 bits per heavy atom. The molecule has 1 aromatic carbocycles. The average Bonchev–Trinajstić information content (AvgIpc) is 3.54. The second-order valence-corrected chi connectivity index (χ2v) is 9.08. The van der Waals surface area contributed by atoms with Gasteiger partial charge in [0.15, 0.2) is 0 Å². The Morgan fingerprint density at radius 3 is 2.84 bits per heavy atom. The number of halogens is 3. The van der Waals surface area contributed by atoms with E-state index in [1.807, 2.05) is 6.07 Å². The van der Waals surface area contributed by atoms with Crippen LogP contribution in [0.25, 0.3) is 0 Å². The highest BCUT2D eigenvalue weighted by Gasteiger charge is 2.49. The maximum absolute atomic E-state index is 12.9. The van der Waals surface area contributed by atoms with E-state index in [9.17, 15) is 18.4 Å². The van der Waals surface area contributed by atoms with Gasteiger partial charge in [-0.3, -0.25) is 4.99 Å². The third-order valence-electron chi connectivity index (χ3n) is 4.80. The number of benzene rings is 1. The molecular weight excluding hydrogens is 449 g/mol. The van der Waals surface area contributed by atoms with Gasteiger partial charge in [-0.2, -0.15) is 18.4 Å². The first-order valence-electron chi connectivity index (χ1n) is 10.6. The van der Waals surface area contributed by atoms with E-state index < -0.39 is 24.3 Å². The highest BCUT2D eigenvalue weighted by atomic mass is 32.2. The van der Waals surface area contributed by atoms with Crippen molar-refractivity contribution in [3.05, 3.63) is 46.5 Å². The summed E-state index contributed by atoms with van der Waals surface area (Å²) in [7, 11) is -2.49. The highest BCUT2D eigenvalue weighted by molar-refractivity contribution is 8.38. The standard InChI is InChI=1S/C20H17F3N4O2S2/c1-28-6-7-29-16-9-15-17(27-26-16)31-18(25-19(15)4-5-19)30-11-12-2-3-14(20(21,22)23)8-13(12)10-24/h2-3,8-9H,4-7,11H2,1H3/i1D3. The van der Waals surface area contributed by atoms with Crippen molar-refractivity contribution in [1.82, 2.24) is 10.2 Å². The van der Waals surface area contributed by atoms with E-state index in [4.69, 9.17) is 13.8 Å². The van der Waals surface area contributed by atoms with E-state index in [1.165, 1.54) is 29.6 Å². The number of ether oxygens (including phenoxy) is 2. The summed E-state index contributed by atoms with van der Waals surface area (Å²) in [5.74, 6) is 0.533. The van der Waals surface area contributed by atoms with E-state index >= 15 is 0 Å². The van der Waals surface area contributed by atoms with Crippen molar-refractivity contribution in [2.45, 2.75) is 35.3 Å². The molecule has 0 radical (unpaired) electrons. The monoisotopic (exact) mass is 469 g/mol. The molecule has 1 fully saturated rings. The summed E-state index contributed by atoms with van der Waals surface area (Å²) in [4.78, 5) is 4.82. The van der Waals surface area contributed by atoms with E-state index in [0.29, 0.717) is 15.0 Å². The maximum Gasteiger partial charge on any atom is 0.416 e. The quantitative estimate of drug-likeness (QED) is 0.564. The van der Waals surface area contributed by atoms with Crippen LogP contribution < -0.4 is 4.74 Å². The van der Waals surface area contributed by atoms with Crippen LogP contribution >= 0.6 is 23.5 Å². The van der Waals surface area contributed by atoms with Crippen LogP contribution in [0.4, 0.5) is 13.2 Å². The number of alkyl halides is 3. The maximum atomic E-state index is 12.9. The number of aliphatic imine (C=N–C) groups is 1. The number of methoxy groups -OCH3 is 1. The smallest absolute Gasteiger partial charge is 0.416 e. The molecule has 1 saturated carbocycles. The normalized spacial score (nSPS) is 18.3. The molecule has 1 aromatic heterocycles. The fourth-order valence-corrected chi connectivity index (χ4v) is 5.30. The van der Waals surface area contributed by atoms with Crippen molar-refractivity contribution >= 4 is 27.9 Å². The molecule has 0 N–H and O–H groups in total. The van der Waals surface area contributed by atoms with Gasteiger partial charge in [0.1, 0.15) is 16.0 Å². The Balaban J connectivity index is 1.42. The third kappa shape index (κ3) is 4.81. The van der Waals surface area contributed by atoms with Gasteiger partial charge in [-0.05, 0) is 42.3 Å². The van der Waals surface area contributed by atoms with E-state index in [-0.39, 0.29) is 30.4 Å². The molecule has 2 heterocycles. The number of thioether (sulfide) groups is 2. The third-order valence-corrected chi connectivity index (χ3v) is 6.95. The van der Waals surface area contributed by atoms with Crippen molar-refractivity contribution in [3.63, 3.8) is 0 Å². The minimum atomic E-state index is -4.51. The van der Waals surface area contributed by atoms with Gasteiger partial charge >= 0.3 is 6.18 Å². The molecule has 0 saturated heterocycles. The van der Waals surface area contributed by atoms with Crippen LogP contribution in [0.1, 0.15) is 39.2 Å². The number of rotatable bonds is 6. The molecule has 0 amide bonds. The first-order valence-corrected chi connectivity index (χ1v) is 10.9. The number of nitrogens with zero attached hydrogens (tertiary/aromatic N) is 4. The fourth-order valence-electron chi connectivity index (χ4n) is 3.05. The topological polar surface area (TPSA) is 80.4 Å². The Kier molecular flexibility index (Phi) is 5.13. The largest absolute Gasteiger partial charge is 0.474 e. The van der Waals surface area contributed by atoms with Crippen LogP contribution in [0.5, 0.6) is 5.88 Å². The lowest BCUT2D eigenvalue weighted by Crippen LogP contribution is -2.15. The van der Waals surface area contributed by atoms with Crippen LogP contribution in [-0.4, -0.2) is 34.8 Å². The zero-order chi connectivity index (χ0) is 24.6. The zero-order valence-corrected chi connectivity index (χ0v) is 17.5. The summed E-state index contributed by atoms with van der Waals surface area (Å²) in [5.41, 5.74) is 0.0506. The van der Waals surface area contributed by atoms with Gasteiger partial charge < -0.3 is 9.47 Å². The van der Waals surface area contributed by atoms with Gasteiger partial charge in [-0.1, -0.05) is 17.8 Å². The predicted molar refractivity (Wildman–Crippen MR) is 111 cm³/mol. The predicted octanol–water partition coefficient (Wildman–Crippen LogP) is 4.78. The van der Waals surface area contributed by atoms with Crippen molar-refractivity contribution in [2.75, 3.05) is 20.3 Å². The molecule has 6 nitrogen and oxygen atoms in total. The summed E-state index contributed by atoms with van der Waals surface area (Å²) in [6.07, 6.45) is -2.89. The molecule has 31 heavy (non-hydrogen) atoms. The van der Waals surface area contributed by atoms with Gasteiger partial charge in [0.25, 0.3) is 0 Å². The van der Waals surface area contributed by atoms with Crippen molar-refractivity contribution in [2.24, 2.45) is 4.99 Å². The second kappa shape index (κ2) is 8.68. The van der Waals surface area contributed by atoms with E-state index in [2.05, 4.69) is 14.9 Å². The first kappa shape index (κ1) is 18.3. The van der Waals surface area contributed by atoms with E-state index in [1.54, 1.807) is 6.07 Å². The van der Waals surface area contributed by atoms with E-state index in [0.717, 1.165) is 30.5 Å². The molecule has 4 rings (SSSR count). The molecule has 11 heteroatoms. The SMILES string of the molecule is [2H]C([2H])([2H])OCCOc1cc2c(nn1)SC(SCc1ccc(C(F)(F)F)cc1C#N)=NC21CC1. The van der Waals surface area contributed by atoms with Gasteiger partial charge in [0.05, 0.1) is 33.5 Å². The van der Waals surface area contributed by atoms with Crippen molar-refractivity contribution in [3.8, 4) is 11.9 Å². The first-order chi connectivity index (χ1) is 16.0. The lowest BCUT2D eigenvalue weighted by atomic mass is 10.1. The number of hydrogen-bond donors (Lipinski definition) is 0. The molecule has 1 spiro atoms. The highest BCUT2D eigenvalue weighted by Crippen LogP contribution is 2.56. The Hall–Kier alpha value is -2.29. The number of nitriles is 1. The minimum absolute atomic E-state index is 0.00469. The van der Waals surface area contributed by atoms with Crippen LogP contribution in [-0.2, 0) is 22.2 Å². The van der Waals surface area contributed by atoms with Crippen molar-refractivity contribution < 1.29 is 26.8 Å². The van der Waals surface area contributed by atoms with Crippen LogP contribution in [0.15, 0.2) is 34.3 Å². The minimum Gasteiger partial charge on any atom is -0.474 e. The summed E-state index contributed by atoms with van der Waals surface area (Å²) in [5, 5.41) is 18.2. The second-order valence-electron chi connectivity index (χ2n) is 6.88. The zero-order valence-electron chi connectivity index (χ0n) is 18.9. The molecule has 0 unspecified atom stereocenters. The van der Waals surface area contributed by atoms with Crippen LogP contribution in [0.2, 0.25) is 0 Å². The Morgan fingerprint density at radius 1 is 1.29 bits per heavy atom. The number of aromatic nitrogens is 2. The Bertz CT molecular complexity index is 1170. The average molecular weight is 470 g/mol. The van der Waals surface area contributed by atoms with Crippen LogP contribution in [0, 0.1) is 11.3 Å². The lowest BCUT2D eigenvalue weighted by molar-refractivity contribution is -0.137. The van der Waals surface area contributed by atoms with Gasteiger partial charge in [0, 0.05) is 24.4 Å². The molecule has 2 aromatic rings. The Labute approximate surface area is 189 Å². The summed E-state index contributed by atoms with van der Waals surface area (Å²) in [6.45, 7) is -0.118.